The topological polar surface area (TPSA) is 71.8 Å². The highest BCUT2D eigenvalue weighted by molar-refractivity contribution is 7.89. The quantitative estimate of drug-likeness (QED) is 0.663. The monoisotopic (exact) mass is 318 g/mol. The molecule has 21 heavy (non-hydrogen) atoms. The van der Waals surface area contributed by atoms with Crippen molar-refractivity contribution in [1.82, 2.24) is 8.87 Å². The summed E-state index contributed by atoms with van der Waals surface area (Å²) in [6.45, 7) is 7.89. The van der Waals surface area contributed by atoms with Gasteiger partial charge in [-0.3, -0.25) is 0 Å². The van der Waals surface area contributed by atoms with Crippen molar-refractivity contribution in [3.8, 4) is 0 Å². The molecule has 7 heteroatoms. The number of likely N-dealkylation sites (N-methyl/N-ethyl adjacent to an activating group) is 1. The Bertz CT molecular complexity index is 525. The first kappa shape index (κ1) is 18.2. The molecule has 0 amide bonds. The van der Waals surface area contributed by atoms with Crippen molar-refractivity contribution in [2.75, 3.05) is 26.3 Å². The summed E-state index contributed by atoms with van der Waals surface area (Å²) in [5.74, 6) is 0. The molecule has 1 N–H and O–H groups in total. The maximum atomic E-state index is 12.6. The molecule has 0 fully saturated rings. The summed E-state index contributed by atoms with van der Waals surface area (Å²) in [6, 6.07) is 1.55. The van der Waals surface area contributed by atoms with E-state index in [-0.39, 0.29) is 11.5 Å². The zero-order valence-electron chi connectivity index (χ0n) is 13.1. The number of rotatable bonds is 10. The van der Waals surface area contributed by atoms with E-state index in [1.165, 1.54) is 4.31 Å². The number of aliphatic hydroxyl groups is 1. The van der Waals surface area contributed by atoms with Gasteiger partial charge in [-0.2, -0.15) is 4.31 Å². The van der Waals surface area contributed by atoms with Gasteiger partial charge in [-0.25, -0.2) is 8.42 Å². The Kier molecular flexibility index (Phi) is 7.37. The normalized spacial score (nSPS) is 12.2. The molecule has 0 aliphatic carbocycles. The Hall–Kier alpha value is -0.890. The number of aliphatic hydroxyl groups excluding tert-OH is 1. The molecular weight excluding hydrogens is 292 g/mol. The van der Waals surface area contributed by atoms with E-state index in [2.05, 4.69) is 0 Å². The first-order valence-electron chi connectivity index (χ1n) is 7.38. The lowest BCUT2D eigenvalue weighted by Crippen LogP contribution is -2.33. The van der Waals surface area contributed by atoms with Gasteiger partial charge < -0.3 is 14.4 Å². The van der Waals surface area contributed by atoms with E-state index in [1.807, 2.05) is 13.8 Å². The summed E-state index contributed by atoms with van der Waals surface area (Å²) in [5, 5.41) is 9.34. The Morgan fingerprint density at radius 3 is 2.57 bits per heavy atom. The summed E-state index contributed by atoms with van der Waals surface area (Å²) in [5.41, 5.74) is 0.622. The molecule has 6 nitrogen and oxygen atoms in total. The van der Waals surface area contributed by atoms with E-state index in [1.54, 1.807) is 23.8 Å². The second kappa shape index (κ2) is 8.53. The highest BCUT2D eigenvalue weighted by atomic mass is 32.2. The molecule has 0 aliphatic heterocycles. The number of ether oxygens (including phenoxy) is 1. The van der Waals surface area contributed by atoms with Crippen LogP contribution in [-0.2, 0) is 27.9 Å². The lowest BCUT2D eigenvalue weighted by molar-refractivity contribution is 0.135. The molecule has 1 aromatic heterocycles. The summed E-state index contributed by atoms with van der Waals surface area (Å²) >= 11 is 0. The van der Waals surface area contributed by atoms with Gasteiger partial charge in [0.05, 0.1) is 13.2 Å². The molecule has 1 rings (SSSR count). The molecule has 0 atom stereocenters. The molecule has 1 heterocycles. The van der Waals surface area contributed by atoms with Gasteiger partial charge in [-0.1, -0.05) is 13.8 Å². The molecular formula is C14H26N2O4S. The van der Waals surface area contributed by atoms with Crippen molar-refractivity contribution >= 4 is 10.0 Å². The summed E-state index contributed by atoms with van der Waals surface area (Å²) < 4.78 is 33.7. The fourth-order valence-electron chi connectivity index (χ4n) is 2.16. The molecule has 122 valence electrons. The Morgan fingerprint density at radius 2 is 2.05 bits per heavy atom. The van der Waals surface area contributed by atoms with Crippen molar-refractivity contribution < 1.29 is 18.3 Å². The maximum absolute atomic E-state index is 12.6. The van der Waals surface area contributed by atoms with Crippen molar-refractivity contribution in [2.24, 2.45) is 0 Å². The smallest absolute Gasteiger partial charge is 0.244 e. The van der Waals surface area contributed by atoms with Crippen LogP contribution in [0.1, 0.15) is 32.9 Å². The van der Waals surface area contributed by atoms with Crippen LogP contribution in [0.4, 0.5) is 0 Å². The van der Waals surface area contributed by atoms with E-state index in [0.717, 1.165) is 6.42 Å². The van der Waals surface area contributed by atoms with Crippen molar-refractivity contribution in [3.05, 3.63) is 18.0 Å². The van der Waals surface area contributed by atoms with Crippen LogP contribution in [0.2, 0.25) is 0 Å². The largest absolute Gasteiger partial charge is 0.390 e. The van der Waals surface area contributed by atoms with E-state index in [9.17, 15) is 13.5 Å². The third-order valence-corrected chi connectivity index (χ3v) is 5.21. The molecule has 0 aromatic carbocycles. The van der Waals surface area contributed by atoms with Crippen LogP contribution in [0.3, 0.4) is 0 Å². The van der Waals surface area contributed by atoms with Gasteiger partial charge in [0.1, 0.15) is 4.90 Å². The fourth-order valence-corrected chi connectivity index (χ4v) is 3.65. The van der Waals surface area contributed by atoms with Gasteiger partial charge in [0.2, 0.25) is 10.0 Å². The Morgan fingerprint density at radius 1 is 1.33 bits per heavy atom. The van der Waals surface area contributed by atoms with Crippen LogP contribution in [-0.4, -0.2) is 48.7 Å². The summed E-state index contributed by atoms with van der Waals surface area (Å²) in [6.07, 6.45) is 2.48. The molecule has 1 aromatic rings. The van der Waals surface area contributed by atoms with Crippen LogP contribution < -0.4 is 0 Å². The third-order valence-electron chi connectivity index (χ3n) is 3.27. The van der Waals surface area contributed by atoms with Crippen LogP contribution in [0.15, 0.2) is 17.2 Å². The number of aromatic nitrogens is 1. The fraction of sp³-hybridized carbons (Fsp3) is 0.714. The predicted molar refractivity (Wildman–Crippen MR) is 81.6 cm³/mol. The van der Waals surface area contributed by atoms with Crippen molar-refractivity contribution in [3.63, 3.8) is 0 Å². The molecule has 0 saturated carbocycles. The van der Waals surface area contributed by atoms with Gasteiger partial charge in [-0.15, -0.1) is 0 Å². The molecule has 0 unspecified atom stereocenters. The lowest BCUT2D eigenvalue weighted by Gasteiger charge is -2.19. The van der Waals surface area contributed by atoms with Crippen LogP contribution >= 0.6 is 0 Å². The number of hydrogen-bond donors (Lipinski definition) is 1. The van der Waals surface area contributed by atoms with E-state index in [4.69, 9.17) is 4.74 Å². The van der Waals surface area contributed by atoms with Gasteiger partial charge in [0.25, 0.3) is 0 Å². The van der Waals surface area contributed by atoms with Crippen molar-refractivity contribution in [1.29, 1.82) is 0 Å². The average Bonchev–Trinajstić information content (AvgIpc) is 2.87. The summed E-state index contributed by atoms with van der Waals surface area (Å²) in [4.78, 5) is 0.235. The highest BCUT2D eigenvalue weighted by Gasteiger charge is 2.25. The number of sulfonamides is 1. The number of aryl methyl sites for hydroxylation is 1. The summed E-state index contributed by atoms with van der Waals surface area (Å²) in [7, 11) is -3.54. The highest BCUT2D eigenvalue weighted by Crippen LogP contribution is 2.19. The first-order valence-corrected chi connectivity index (χ1v) is 8.83. The molecule has 0 spiro atoms. The second-order valence-corrected chi connectivity index (χ2v) is 6.65. The third kappa shape index (κ3) is 4.54. The lowest BCUT2D eigenvalue weighted by atomic mass is 10.4. The van der Waals surface area contributed by atoms with Gasteiger partial charge in [0.15, 0.2) is 0 Å². The number of hydrogen-bond acceptors (Lipinski definition) is 4. The molecule has 0 saturated heterocycles. The maximum Gasteiger partial charge on any atom is 0.244 e. The molecule has 0 aliphatic rings. The first-order chi connectivity index (χ1) is 10.0. The number of nitrogens with zero attached hydrogens (tertiary/aromatic N) is 2. The predicted octanol–water partition coefficient (Wildman–Crippen LogP) is 1.44. The Balaban J connectivity index is 2.99. The minimum atomic E-state index is -3.54. The zero-order chi connectivity index (χ0) is 15.9. The average molecular weight is 318 g/mol. The SMILES string of the molecule is CCCn1cc(S(=O)(=O)N(CC)CCOCC)cc1CO. The second-order valence-electron chi connectivity index (χ2n) is 4.71. The van der Waals surface area contributed by atoms with E-state index >= 15 is 0 Å². The van der Waals surface area contributed by atoms with Crippen molar-refractivity contribution in [2.45, 2.75) is 45.2 Å². The van der Waals surface area contributed by atoms with E-state index < -0.39 is 10.0 Å². The van der Waals surface area contributed by atoms with Crippen LogP contribution in [0.25, 0.3) is 0 Å². The zero-order valence-corrected chi connectivity index (χ0v) is 13.9. The molecule has 0 radical (unpaired) electrons. The van der Waals surface area contributed by atoms with Crippen LogP contribution in [0, 0.1) is 0 Å². The van der Waals surface area contributed by atoms with Gasteiger partial charge in [-0.05, 0) is 19.4 Å². The van der Waals surface area contributed by atoms with Gasteiger partial charge in [0, 0.05) is 38.1 Å². The van der Waals surface area contributed by atoms with Crippen LogP contribution in [0.5, 0.6) is 0 Å². The van der Waals surface area contributed by atoms with Gasteiger partial charge >= 0.3 is 0 Å². The van der Waals surface area contributed by atoms with E-state index in [0.29, 0.717) is 38.5 Å². The minimum absolute atomic E-state index is 0.166. The standard InChI is InChI=1S/C14H26N2O4S/c1-4-7-15-11-14(10-13(15)12-17)21(18,19)16(5-2)8-9-20-6-3/h10-11,17H,4-9,12H2,1-3H3. The Labute approximate surface area is 127 Å². The molecule has 0 bridgehead atoms. The minimum Gasteiger partial charge on any atom is -0.390 e.